The molecule has 0 saturated carbocycles. The van der Waals surface area contributed by atoms with Crippen molar-refractivity contribution in [1.82, 2.24) is 0 Å². The minimum absolute atomic E-state index is 1.09. The Morgan fingerprint density at radius 1 is 1.38 bits per heavy atom. The molecule has 1 aliphatic rings. The van der Waals surface area contributed by atoms with Crippen molar-refractivity contribution in [3.63, 3.8) is 0 Å². The lowest BCUT2D eigenvalue weighted by atomic mass is 9.97. The summed E-state index contributed by atoms with van der Waals surface area (Å²) in [6.07, 6.45) is 7.61. The predicted molar refractivity (Wildman–Crippen MR) is 59.1 cm³/mol. The number of thioether (sulfide) groups is 1. The first-order chi connectivity index (χ1) is 6.40. The maximum atomic E-state index is 2.31. The fourth-order valence-corrected chi connectivity index (χ4v) is 2.27. The molecule has 13 heavy (non-hydrogen) atoms. The van der Waals surface area contributed by atoms with Crippen LogP contribution in [0.4, 0.5) is 0 Å². The maximum Gasteiger partial charge on any atom is 0.0125 e. The van der Waals surface area contributed by atoms with Crippen LogP contribution < -0.4 is 0 Å². The van der Waals surface area contributed by atoms with Crippen molar-refractivity contribution >= 4 is 11.8 Å². The number of benzene rings is 1. The van der Waals surface area contributed by atoms with Gasteiger partial charge in [-0.1, -0.05) is 25.1 Å². The van der Waals surface area contributed by atoms with Gasteiger partial charge in [0.15, 0.2) is 0 Å². The SMILES string of the molecule is CCSc1ccc2c(c1)CC=C[CH]2. The molecule has 0 nitrogen and oxygen atoms in total. The molecule has 0 heterocycles. The van der Waals surface area contributed by atoms with Gasteiger partial charge in [-0.3, -0.25) is 0 Å². The molecule has 1 aromatic rings. The van der Waals surface area contributed by atoms with Crippen LogP contribution in [0.25, 0.3) is 0 Å². The van der Waals surface area contributed by atoms with E-state index < -0.39 is 0 Å². The Morgan fingerprint density at radius 2 is 2.31 bits per heavy atom. The zero-order chi connectivity index (χ0) is 9.10. The van der Waals surface area contributed by atoms with Crippen molar-refractivity contribution in [3.05, 3.63) is 47.9 Å². The Hall–Kier alpha value is -0.690. The molecule has 1 aliphatic carbocycles. The van der Waals surface area contributed by atoms with E-state index in [2.05, 4.69) is 43.7 Å². The molecular weight excluding hydrogens is 176 g/mol. The topological polar surface area (TPSA) is 0 Å². The predicted octanol–water partition coefficient (Wildman–Crippen LogP) is 3.46. The van der Waals surface area contributed by atoms with Crippen molar-refractivity contribution in [2.45, 2.75) is 18.2 Å². The molecule has 1 heteroatoms. The van der Waals surface area contributed by atoms with Crippen LogP contribution in [0.1, 0.15) is 18.1 Å². The van der Waals surface area contributed by atoms with E-state index in [9.17, 15) is 0 Å². The second kappa shape index (κ2) is 4.01. The first-order valence-corrected chi connectivity index (χ1v) is 5.64. The van der Waals surface area contributed by atoms with Gasteiger partial charge in [0.25, 0.3) is 0 Å². The van der Waals surface area contributed by atoms with E-state index in [4.69, 9.17) is 0 Å². The van der Waals surface area contributed by atoms with Crippen LogP contribution in [-0.2, 0) is 6.42 Å². The lowest BCUT2D eigenvalue weighted by Gasteiger charge is -2.11. The van der Waals surface area contributed by atoms with E-state index in [0.29, 0.717) is 0 Å². The van der Waals surface area contributed by atoms with Crippen LogP contribution in [0.2, 0.25) is 0 Å². The van der Waals surface area contributed by atoms with Gasteiger partial charge in [0, 0.05) is 11.3 Å². The van der Waals surface area contributed by atoms with Gasteiger partial charge in [-0.25, -0.2) is 0 Å². The number of allylic oxidation sites excluding steroid dienone is 2. The van der Waals surface area contributed by atoms with E-state index in [0.717, 1.165) is 12.2 Å². The summed E-state index contributed by atoms with van der Waals surface area (Å²) in [5.41, 5.74) is 2.84. The number of hydrogen-bond donors (Lipinski definition) is 0. The van der Waals surface area contributed by atoms with E-state index in [1.54, 1.807) is 0 Å². The van der Waals surface area contributed by atoms with Crippen molar-refractivity contribution < 1.29 is 0 Å². The third kappa shape index (κ3) is 1.97. The summed E-state index contributed by atoms with van der Waals surface area (Å²) in [4.78, 5) is 1.39. The number of rotatable bonds is 2. The fourth-order valence-electron chi connectivity index (χ4n) is 1.54. The molecule has 0 amide bonds. The Balaban J connectivity index is 2.27. The summed E-state index contributed by atoms with van der Waals surface area (Å²) in [6, 6.07) is 6.74. The molecule has 0 spiro atoms. The highest BCUT2D eigenvalue weighted by atomic mass is 32.2. The highest BCUT2D eigenvalue weighted by molar-refractivity contribution is 7.99. The fraction of sp³-hybridized carbons (Fsp3) is 0.250. The Labute approximate surface area is 84.0 Å². The number of hydrogen-bond acceptors (Lipinski definition) is 1. The highest BCUT2D eigenvalue weighted by Gasteiger charge is 2.05. The van der Waals surface area contributed by atoms with E-state index in [1.165, 1.54) is 16.0 Å². The standard InChI is InChI=1S/C12H13S/c1-2-13-12-8-7-10-5-3-4-6-11(10)9-12/h3-5,7-9H,2,6H2,1H3. The van der Waals surface area contributed by atoms with Crippen LogP contribution in [0.5, 0.6) is 0 Å². The molecule has 0 aromatic heterocycles. The summed E-state index contributed by atoms with van der Waals surface area (Å²) < 4.78 is 0. The zero-order valence-electron chi connectivity index (χ0n) is 7.79. The van der Waals surface area contributed by atoms with Gasteiger partial charge < -0.3 is 0 Å². The van der Waals surface area contributed by atoms with Crippen molar-refractivity contribution in [2.75, 3.05) is 5.75 Å². The van der Waals surface area contributed by atoms with Gasteiger partial charge in [-0.05, 0) is 35.4 Å². The highest BCUT2D eigenvalue weighted by Crippen LogP contribution is 2.24. The molecule has 1 aromatic carbocycles. The Kier molecular flexibility index (Phi) is 2.74. The Bertz CT molecular complexity index is 326. The van der Waals surface area contributed by atoms with Gasteiger partial charge in [0.1, 0.15) is 0 Å². The molecule has 0 aliphatic heterocycles. The molecule has 1 radical (unpaired) electrons. The van der Waals surface area contributed by atoms with Crippen molar-refractivity contribution in [2.24, 2.45) is 0 Å². The van der Waals surface area contributed by atoms with Gasteiger partial charge in [-0.15, -0.1) is 11.8 Å². The Morgan fingerprint density at radius 3 is 3.15 bits per heavy atom. The molecule has 0 saturated heterocycles. The summed E-state index contributed by atoms with van der Waals surface area (Å²) in [5.74, 6) is 1.15. The zero-order valence-corrected chi connectivity index (χ0v) is 8.60. The minimum Gasteiger partial charge on any atom is -0.126 e. The van der Waals surface area contributed by atoms with Crippen LogP contribution in [-0.4, -0.2) is 5.75 Å². The minimum atomic E-state index is 1.09. The summed E-state index contributed by atoms with van der Waals surface area (Å²) in [5, 5.41) is 0. The molecule has 0 unspecified atom stereocenters. The van der Waals surface area contributed by atoms with E-state index in [1.807, 2.05) is 11.8 Å². The van der Waals surface area contributed by atoms with Crippen LogP contribution in [0.3, 0.4) is 0 Å². The summed E-state index contributed by atoms with van der Waals surface area (Å²) in [6.45, 7) is 2.19. The quantitative estimate of drug-likeness (QED) is 0.642. The molecule has 0 fully saturated rings. The second-order valence-corrected chi connectivity index (χ2v) is 4.43. The van der Waals surface area contributed by atoms with Crippen LogP contribution in [0.15, 0.2) is 35.2 Å². The van der Waals surface area contributed by atoms with Gasteiger partial charge in [0.05, 0.1) is 0 Å². The third-order valence-electron chi connectivity index (χ3n) is 2.18. The molecule has 0 N–H and O–H groups in total. The molecular formula is C12H13S. The molecule has 2 rings (SSSR count). The monoisotopic (exact) mass is 189 g/mol. The van der Waals surface area contributed by atoms with E-state index in [-0.39, 0.29) is 0 Å². The van der Waals surface area contributed by atoms with Gasteiger partial charge in [-0.2, -0.15) is 0 Å². The van der Waals surface area contributed by atoms with Crippen LogP contribution >= 0.6 is 11.8 Å². The second-order valence-electron chi connectivity index (χ2n) is 3.09. The lowest BCUT2D eigenvalue weighted by molar-refractivity contribution is 1.16. The first-order valence-electron chi connectivity index (χ1n) is 4.66. The van der Waals surface area contributed by atoms with Crippen molar-refractivity contribution in [3.8, 4) is 0 Å². The summed E-state index contributed by atoms with van der Waals surface area (Å²) in [7, 11) is 0. The molecule has 0 bridgehead atoms. The average Bonchev–Trinajstić information content (AvgIpc) is 2.18. The van der Waals surface area contributed by atoms with Crippen LogP contribution in [0, 0.1) is 6.42 Å². The lowest BCUT2D eigenvalue weighted by Crippen LogP contribution is -1.95. The normalized spacial score (nSPS) is 14.2. The molecule has 0 atom stereocenters. The average molecular weight is 189 g/mol. The van der Waals surface area contributed by atoms with Gasteiger partial charge in [0.2, 0.25) is 0 Å². The third-order valence-corrected chi connectivity index (χ3v) is 3.05. The van der Waals surface area contributed by atoms with Gasteiger partial charge >= 0.3 is 0 Å². The first kappa shape index (κ1) is 8.89. The number of fused-ring (bicyclic) bond motifs is 1. The van der Waals surface area contributed by atoms with E-state index >= 15 is 0 Å². The maximum absolute atomic E-state index is 2.31. The van der Waals surface area contributed by atoms with Crippen molar-refractivity contribution in [1.29, 1.82) is 0 Å². The molecule has 67 valence electrons. The smallest absolute Gasteiger partial charge is 0.0125 e. The largest absolute Gasteiger partial charge is 0.126 e. The summed E-state index contributed by atoms with van der Waals surface area (Å²) >= 11 is 1.91.